The van der Waals surface area contributed by atoms with Crippen molar-refractivity contribution in [2.24, 2.45) is 5.41 Å². The SMILES string of the molecule is COC1=CC[C@@](CCCNC(=O)CCO)(C2OCCO2)C=C1. The summed E-state index contributed by atoms with van der Waals surface area (Å²) in [6.45, 7) is 1.71. The molecule has 1 aliphatic carbocycles. The third kappa shape index (κ3) is 4.32. The lowest BCUT2D eigenvalue weighted by Gasteiger charge is -2.36. The molecular formula is C16H25NO5. The number of allylic oxidation sites excluding steroid dienone is 2. The molecule has 1 saturated heterocycles. The van der Waals surface area contributed by atoms with Crippen LogP contribution < -0.4 is 5.32 Å². The van der Waals surface area contributed by atoms with Gasteiger partial charge in [-0.3, -0.25) is 4.79 Å². The largest absolute Gasteiger partial charge is 0.497 e. The summed E-state index contributed by atoms with van der Waals surface area (Å²) in [7, 11) is 1.66. The number of carbonyl (C=O) groups is 1. The van der Waals surface area contributed by atoms with Gasteiger partial charge in [-0.1, -0.05) is 6.08 Å². The zero-order valence-corrected chi connectivity index (χ0v) is 13.0. The van der Waals surface area contributed by atoms with Gasteiger partial charge in [-0.05, 0) is 31.4 Å². The van der Waals surface area contributed by atoms with Gasteiger partial charge in [0.05, 0.1) is 26.9 Å². The Morgan fingerprint density at radius 3 is 2.86 bits per heavy atom. The molecule has 0 aromatic rings. The smallest absolute Gasteiger partial charge is 0.222 e. The Kier molecular flexibility index (Phi) is 6.42. The fraction of sp³-hybridized carbons (Fsp3) is 0.688. The van der Waals surface area contributed by atoms with Crippen molar-refractivity contribution in [2.45, 2.75) is 32.0 Å². The van der Waals surface area contributed by atoms with Crippen LogP contribution in [0.25, 0.3) is 0 Å². The number of methoxy groups -OCH3 is 1. The van der Waals surface area contributed by atoms with E-state index in [2.05, 4.69) is 17.5 Å². The van der Waals surface area contributed by atoms with Crippen LogP contribution in [0.5, 0.6) is 0 Å². The fourth-order valence-corrected chi connectivity index (χ4v) is 2.83. The Hall–Kier alpha value is -1.37. The molecule has 1 aliphatic heterocycles. The molecule has 1 amide bonds. The van der Waals surface area contributed by atoms with E-state index in [1.807, 2.05) is 6.08 Å². The first-order valence-electron chi connectivity index (χ1n) is 7.74. The average molecular weight is 311 g/mol. The minimum absolute atomic E-state index is 0.118. The van der Waals surface area contributed by atoms with E-state index in [4.69, 9.17) is 19.3 Å². The van der Waals surface area contributed by atoms with Gasteiger partial charge >= 0.3 is 0 Å². The molecule has 6 nitrogen and oxygen atoms in total. The van der Waals surface area contributed by atoms with E-state index >= 15 is 0 Å². The van der Waals surface area contributed by atoms with Crippen LogP contribution in [0.2, 0.25) is 0 Å². The maximum absolute atomic E-state index is 11.4. The van der Waals surface area contributed by atoms with Crippen LogP contribution in [-0.2, 0) is 19.0 Å². The normalized spacial score (nSPS) is 25.1. The van der Waals surface area contributed by atoms with Crippen molar-refractivity contribution >= 4 is 5.91 Å². The van der Waals surface area contributed by atoms with E-state index in [0.717, 1.165) is 25.0 Å². The zero-order valence-electron chi connectivity index (χ0n) is 13.0. The number of hydrogen-bond acceptors (Lipinski definition) is 5. The molecule has 6 heteroatoms. The van der Waals surface area contributed by atoms with Gasteiger partial charge in [-0.2, -0.15) is 0 Å². The topological polar surface area (TPSA) is 77.0 Å². The van der Waals surface area contributed by atoms with Gasteiger partial charge < -0.3 is 24.6 Å². The van der Waals surface area contributed by atoms with E-state index in [9.17, 15) is 4.79 Å². The van der Waals surface area contributed by atoms with Crippen molar-refractivity contribution in [3.63, 3.8) is 0 Å². The first-order valence-corrected chi connectivity index (χ1v) is 7.74. The van der Waals surface area contributed by atoms with Gasteiger partial charge in [-0.15, -0.1) is 0 Å². The highest BCUT2D eigenvalue weighted by atomic mass is 16.7. The van der Waals surface area contributed by atoms with Gasteiger partial charge in [0.2, 0.25) is 5.91 Å². The lowest BCUT2D eigenvalue weighted by Crippen LogP contribution is -2.36. The third-order valence-corrected chi connectivity index (χ3v) is 4.07. The molecule has 2 N–H and O–H groups in total. The van der Waals surface area contributed by atoms with Crippen molar-refractivity contribution in [2.75, 3.05) is 33.5 Å². The molecule has 124 valence electrons. The Morgan fingerprint density at radius 1 is 1.50 bits per heavy atom. The second-order valence-corrected chi connectivity index (χ2v) is 5.58. The standard InChI is InChI=1S/C16H25NO5/c1-20-13-3-7-16(8-4-13,15-21-11-12-22-15)6-2-9-17-14(19)5-10-18/h3-4,7,15,18H,2,5-6,8-12H2,1H3,(H,17,19)/t16-/m0/s1. The number of aliphatic hydroxyl groups is 1. The molecule has 22 heavy (non-hydrogen) atoms. The van der Waals surface area contributed by atoms with E-state index in [1.165, 1.54) is 0 Å². The molecule has 0 radical (unpaired) electrons. The van der Waals surface area contributed by atoms with Crippen LogP contribution in [0.3, 0.4) is 0 Å². The third-order valence-electron chi connectivity index (χ3n) is 4.07. The van der Waals surface area contributed by atoms with Crippen LogP contribution in [0.4, 0.5) is 0 Å². The number of nitrogens with one attached hydrogen (secondary N) is 1. The van der Waals surface area contributed by atoms with E-state index < -0.39 is 0 Å². The first kappa shape index (κ1) is 17.0. The summed E-state index contributed by atoms with van der Waals surface area (Å²) in [5, 5.41) is 11.5. The van der Waals surface area contributed by atoms with Gasteiger partial charge in [0, 0.05) is 18.4 Å². The maximum Gasteiger partial charge on any atom is 0.222 e. The average Bonchev–Trinajstić information content (AvgIpc) is 3.07. The van der Waals surface area contributed by atoms with Crippen LogP contribution in [0.15, 0.2) is 24.0 Å². The molecule has 0 bridgehead atoms. The van der Waals surface area contributed by atoms with Crippen molar-refractivity contribution in [1.82, 2.24) is 5.32 Å². The fourth-order valence-electron chi connectivity index (χ4n) is 2.83. The number of rotatable bonds is 8. The summed E-state index contributed by atoms with van der Waals surface area (Å²) in [5.74, 6) is 0.732. The summed E-state index contributed by atoms with van der Waals surface area (Å²) in [6, 6.07) is 0. The molecule has 2 rings (SSSR count). The van der Waals surface area contributed by atoms with Crippen LogP contribution >= 0.6 is 0 Å². The van der Waals surface area contributed by atoms with E-state index in [1.54, 1.807) is 7.11 Å². The van der Waals surface area contributed by atoms with Gasteiger partial charge in [-0.25, -0.2) is 0 Å². The lowest BCUT2D eigenvalue weighted by atomic mass is 9.76. The van der Waals surface area contributed by atoms with Crippen molar-refractivity contribution in [1.29, 1.82) is 0 Å². The van der Waals surface area contributed by atoms with Crippen LogP contribution in [0.1, 0.15) is 25.7 Å². The molecule has 1 atom stereocenters. The Bertz CT molecular complexity index is 428. The minimum Gasteiger partial charge on any atom is -0.497 e. The minimum atomic E-state index is -0.244. The molecule has 1 heterocycles. The second kappa shape index (κ2) is 8.31. The highest BCUT2D eigenvalue weighted by Gasteiger charge is 2.40. The summed E-state index contributed by atoms with van der Waals surface area (Å²) >= 11 is 0. The molecule has 0 unspecified atom stereocenters. The van der Waals surface area contributed by atoms with Crippen LogP contribution in [-0.4, -0.2) is 50.8 Å². The molecule has 0 aromatic heterocycles. The highest BCUT2D eigenvalue weighted by molar-refractivity contribution is 5.75. The monoisotopic (exact) mass is 311 g/mol. The van der Waals surface area contributed by atoms with Crippen molar-refractivity contribution in [3.8, 4) is 0 Å². The molecule has 2 aliphatic rings. The van der Waals surface area contributed by atoms with Crippen LogP contribution in [0, 0.1) is 5.41 Å². The number of hydrogen-bond donors (Lipinski definition) is 2. The summed E-state index contributed by atoms with van der Waals surface area (Å²) in [4.78, 5) is 11.4. The summed E-state index contributed by atoms with van der Waals surface area (Å²) in [5.41, 5.74) is -0.208. The zero-order chi connectivity index (χ0) is 15.8. The summed E-state index contributed by atoms with van der Waals surface area (Å²) in [6.07, 6.45) is 8.49. The van der Waals surface area contributed by atoms with Gasteiger partial charge in [0.15, 0.2) is 6.29 Å². The van der Waals surface area contributed by atoms with E-state index in [-0.39, 0.29) is 30.6 Å². The highest BCUT2D eigenvalue weighted by Crippen LogP contribution is 2.41. The molecule has 0 aromatic carbocycles. The predicted octanol–water partition coefficient (Wildman–Crippen LogP) is 1.11. The van der Waals surface area contributed by atoms with Gasteiger partial charge in [0.25, 0.3) is 0 Å². The maximum atomic E-state index is 11.4. The Labute approximate surface area is 131 Å². The number of carbonyl (C=O) groups excluding carboxylic acids is 1. The molecular weight excluding hydrogens is 286 g/mol. The van der Waals surface area contributed by atoms with Crippen molar-refractivity contribution in [3.05, 3.63) is 24.0 Å². The number of aliphatic hydroxyl groups excluding tert-OH is 1. The molecule has 1 fully saturated rings. The summed E-state index contributed by atoms with van der Waals surface area (Å²) < 4.78 is 16.7. The first-order chi connectivity index (χ1) is 10.7. The quantitative estimate of drug-likeness (QED) is 0.657. The van der Waals surface area contributed by atoms with Crippen molar-refractivity contribution < 1.29 is 24.1 Å². The number of ether oxygens (including phenoxy) is 3. The Morgan fingerprint density at radius 2 is 2.27 bits per heavy atom. The lowest BCUT2D eigenvalue weighted by molar-refractivity contribution is -0.122. The number of amides is 1. The van der Waals surface area contributed by atoms with Gasteiger partial charge in [0.1, 0.15) is 5.76 Å². The second-order valence-electron chi connectivity index (χ2n) is 5.58. The molecule has 0 saturated carbocycles. The predicted molar refractivity (Wildman–Crippen MR) is 80.9 cm³/mol. The van der Waals surface area contributed by atoms with E-state index in [0.29, 0.717) is 19.8 Å². The Balaban J connectivity index is 1.88. The molecule has 0 spiro atoms.